The van der Waals surface area contributed by atoms with Crippen LogP contribution in [0.3, 0.4) is 0 Å². The molecule has 1 aromatic carbocycles. The van der Waals surface area contributed by atoms with Gasteiger partial charge in [0, 0.05) is 12.6 Å². The van der Waals surface area contributed by atoms with Gasteiger partial charge in [0.05, 0.1) is 0 Å². The molecule has 0 aliphatic carbocycles. The van der Waals surface area contributed by atoms with Crippen molar-refractivity contribution in [2.45, 2.75) is 45.6 Å². The first-order valence-corrected chi connectivity index (χ1v) is 7.75. The van der Waals surface area contributed by atoms with Crippen LogP contribution in [-0.4, -0.2) is 31.6 Å². The van der Waals surface area contributed by atoms with E-state index in [0.717, 1.165) is 13.1 Å². The van der Waals surface area contributed by atoms with Crippen LogP contribution in [0, 0.1) is 0 Å². The molecule has 1 rings (SSSR count). The molecule has 2 nitrogen and oxygen atoms in total. The fourth-order valence-electron chi connectivity index (χ4n) is 2.39. The first kappa shape index (κ1) is 16.2. The van der Waals surface area contributed by atoms with Crippen molar-refractivity contribution in [3.8, 4) is 0 Å². The van der Waals surface area contributed by atoms with Crippen molar-refractivity contribution in [2.24, 2.45) is 0 Å². The summed E-state index contributed by atoms with van der Waals surface area (Å²) >= 11 is 0. The third-order valence-electron chi connectivity index (χ3n) is 3.60. The van der Waals surface area contributed by atoms with E-state index in [2.05, 4.69) is 61.4 Å². The Morgan fingerprint density at radius 1 is 1.05 bits per heavy atom. The molecule has 108 valence electrons. The van der Waals surface area contributed by atoms with E-state index >= 15 is 0 Å². The first-order chi connectivity index (χ1) is 9.29. The number of rotatable bonds is 10. The molecule has 0 saturated carbocycles. The van der Waals surface area contributed by atoms with Gasteiger partial charge in [-0.05, 0) is 38.5 Å². The summed E-state index contributed by atoms with van der Waals surface area (Å²) in [5, 5.41) is 3.56. The first-order valence-electron chi connectivity index (χ1n) is 7.75. The lowest BCUT2D eigenvalue weighted by Crippen LogP contribution is -2.34. The lowest BCUT2D eigenvalue weighted by molar-refractivity contribution is 0.233. The molecule has 0 bridgehead atoms. The highest BCUT2D eigenvalue weighted by Gasteiger charge is 2.15. The average Bonchev–Trinajstić information content (AvgIpc) is 2.45. The zero-order valence-electron chi connectivity index (χ0n) is 12.9. The van der Waals surface area contributed by atoms with Crippen LogP contribution in [-0.2, 0) is 0 Å². The summed E-state index contributed by atoms with van der Waals surface area (Å²) in [5.74, 6) is 0. The van der Waals surface area contributed by atoms with E-state index in [1.54, 1.807) is 0 Å². The number of unbranched alkanes of at least 4 members (excludes halogenated alkanes) is 2. The van der Waals surface area contributed by atoms with Crippen LogP contribution in [0.2, 0.25) is 0 Å². The Morgan fingerprint density at radius 3 is 2.42 bits per heavy atom. The van der Waals surface area contributed by atoms with E-state index in [9.17, 15) is 0 Å². The fraction of sp³-hybridized carbons (Fsp3) is 0.647. The van der Waals surface area contributed by atoms with Gasteiger partial charge in [-0.15, -0.1) is 0 Å². The van der Waals surface area contributed by atoms with Crippen LogP contribution >= 0.6 is 0 Å². The molecular formula is C17H30N2. The predicted molar refractivity (Wildman–Crippen MR) is 84.5 cm³/mol. The van der Waals surface area contributed by atoms with Crippen LogP contribution in [0.15, 0.2) is 30.3 Å². The predicted octanol–water partition coefficient (Wildman–Crippen LogP) is 3.85. The fourth-order valence-corrected chi connectivity index (χ4v) is 2.39. The van der Waals surface area contributed by atoms with Gasteiger partial charge in [-0.3, -0.25) is 4.90 Å². The summed E-state index contributed by atoms with van der Waals surface area (Å²) in [4.78, 5) is 2.49. The number of nitrogens with one attached hydrogen (secondary N) is 1. The molecule has 1 unspecified atom stereocenters. The highest BCUT2D eigenvalue weighted by molar-refractivity contribution is 5.19. The molecule has 1 N–H and O–H groups in total. The maximum Gasteiger partial charge on any atom is 0.0469 e. The molecule has 1 atom stereocenters. The minimum Gasteiger partial charge on any atom is -0.315 e. The van der Waals surface area contributed by atoms with Crippen LogP contribution in [0.5, 0.6) is 0 Å². The van der Waals surface area contributed by atoms with Crippen molar-refractivity contribution in [2.75, 3.05) is 26.7 Å². The molecule has 0 aromatic heterocycles. The third-order valence-corrected chi connectivity index (χ3v) is 3.60. The smallest absolute Gasteiger partial charge is 0.0469 e. The molecule has 0 fully saturated rings. The van der Waals surface area contributed by atoms with Gasteiger partial charge in [0.25, 0.3) is 0 Å². The summed E-state index contributed by atoms with van der Waals surface area (Å²) in [5.41, 5.74) is 1.42. The van der Waals surface area contributed by atoms with Crippen LogP contribution in [0.1, 0.15) is 51.1 Å². The lowest BCUT2D eigenvalue weighted by atomic mass is 10.0. The second kappa shape index (κ2) is 9.99. The van der Waals surface area contributed by atoms with Gasteiger partial charge in [-0.25, -0.2) is 0 Å². The largest absolute Gasteiger partial charge is 0.315 e. The molecule has 0 amide bonds. The molecule has 1 aromatic rings. The number of hydrogen-bond acceptors (Lipinski definition) is 2. The van der Waals surface area contributed by atoms with Crippen LogP contribution < -0.4 is 5.32 Å². The molecule has 0 aliphatic rings. The zero-order chi connectivity index (χ0) is 13.9. The lowest BCUT2D eigenvalue weighted by Gasteiger charge is -2.29. The Labute approximate surface area is 119 Å². The second-order valence-corrected chi connectivity index (χ2v) is 5.32. The Hall–Kier alpha value is -0.860. The summed E-state index contributed by atoms with van der Waals surface area (Å²) in [6.45, 7) is 7.81. The van der Waals surface area contributed by atoms with Gasteiger partial charge < -0.3 is 5.32 Å². The minimum absolute atomic E-state index is 0.490. The van der Waals surface area contributed by atoms with E-state index in [1.807, 2.05) is 0 Å². The quantitative estimate of drug-likeness (QED) is 0.644. The van der Waals surface area contributed by atoms with E-state index in [-0.39, 0.29) is 0 Å². The van der Waals surface area contributed by atoms with Crippen molar-refractivity contribution in [1.82, 2.24) is 10.2 Å². The van der Waals surface area contributed by atoms with Crippen molar-refractivity contribution < 1.29 is 0 Å². The van der Waals surface area contributed by atoms with Crippen molar-refractivity contribution in [3.05, 3.63) is 35.9 Å². The van der Waals surface area contributed by atoms with Crippen molar-refractivity contribution >= 4 is 0 Å². The SMILES string of the molecule is CCCCCN(C)C(CNCCC)c1ccccc1. The van der Waals surface area contributed by atoms with Gasteiger partial charge >= 0.3 is 0 Å². The molecule has 2 heteroatoms. The Morgan fingerprint density at radius 2 is 1.79 bits per heavy atom. The van der Waals surface area contributed by atoms with Crippen molar-refractivity contribution in [3.63, 3.8) is 0 Å². The normalized spacial score (nSPS) is 12.8. The maximum atomic E-state index is 3.56. The number of benzene rings is 1. The standard InChI is InChI=1S/C17H30N2/c1-4-6-10-14-19(3)17(15-18-13-5-2)16-11-8-7-9-12-16/h7-9,11-12,17-18H,4-6,10,13-15H2,1-3H3. The molecule has 0 heterocycles. The summed E-state index contributed by atoms with van der Waals surface area (Å²) in [6.07, 6.45) is 5.11. The van der Waals surface area contributed by atoms with Gasteiger partial charge in [0.1, 0.15) is 0 Å². The minimum atomic E-state index is 0.490. The second-order valence-electron chi connectivity index (χ2n) is 5.32. The average molecular weight is 262 g/mol. The molecular weight excluding hydrogens is 232 g/mol. The summed E-state index contributed by atoms with van der Waals surface area (Å²) in [6, 6.07) is 11.4. The maximum absolute atomic E-state index is 3.56. The van der Waals surface area contributed by atoms with Crippen molar-refractivity contribution in [1.29, 1.82) is 0 Å². The van der Waals surface area contributed by atoms with Gasteiger partial charge in [-0.2, -0.15) is 0 Å². The van der Waals surface area contributed by atoms with Crippen LogP contribution in [0.4, 0.5) is 0 Å². The molecule has 0 spiro atoms. The topological polar surface area (TPSA) is 15.3 Å². The number of nitrogens with zero attached hydrogens (tertiary/aromatic N) is 1. The van der Waals surface area contributed by atoms with E-state index < -0.39 is 0 Å². The highest BCUT2D eigenvalue weighted by atomic mass is 15.1. The Bertz CT molecular complexity index is 310. The van der Waals surface area contributed by atoms with E-state index in [0.29, 0.717) is 6.04 Å². The Balaban J connectivity index is 2.58. The van der Waals surface area contributed by atoms with E-state index in [1.165, 1.54) is 37.8 Å². The number of likely N-dealkylation sites (N-methyl/N-ethyl adjacent to an activating group) is 1. The van der Waals surface area contributed by atoms with E-state index in [4.69, 9.17) is 0 Å². The zero-order valence-corrected chi connectivity index (χ0v) is 12.9. The molecule has 0 saturated heterocycles. The van der Waals surface area contributed by atoms with Gasteiger partial charge in [0.2, 0.25) is 0 Å². The highest BCUT2D eigenvalue weighted by Crippen LogP contribution is 2.19. The Kier molecular flexibility index (Phi) is 8.52. The van der Waals surface area contributed by atoms with Gasteiger partial charge in [-0.1, -0.05) is 57.0 Å². The third kappa shape index (κ3) is 6.22. The summed E-state index contributed by atoms with van der Waals surface area (Å²) < 4.78 is 0. The molecule has 0 radical (unpaired) electrons. The summed E-state index contributed by atoms with van der Waals surface area (Å²) in [7, 11) is 2.25. The molecule has 19 heavy (non-hydrogen) atoms. The monoisotopic (exact) mass is 262 g/mol. The van der Waals surface area contributed by atoms with Crippen LogP contribution in [0.25, 0.3) is 0 Å². The van der Waals surface area contributed by atoms with Gasteiger partial charge in [0.15, 0.2) is 0 Å². The number of hydrogen-bond donors (Lipinski definition) is 1. The molecule has 0 aliphatic heterocycles.